The number of hydrogen-bond donors (Lipinski definition) is 4. The van der Waals surface area contributed by atoms with Crippen LogP contribution in [0.3, 0.4) is 0 Å². The number of amides is 3. The molecule has 0 spiro atoms. The Kier molecular flexibility index (Phi) is 14.5. The minimum absolute atomic E-state index is 0.0773. The number of nitrogens with zero attached hydrogens (tertiary/aromatic N) is 1. The number of imide groups is 1. The van der Waals surface area contributed by atoms with Gasteiger partial charge < -0.3 is 49.1 Å². The highest BCUT2D eigenvalue weighted by atomic mass is 16.7. The average Bonchev–Trinajstić information content (AvgIpc) is 3.53. The van der Waals surface area contributed by atoms with Crippen LogP contribution >= 0.6 is 0 Å². The van der Waals surface area contributed by atoms with Crippen molar-refractivity contribution < 1.29 is 72.5 Å². The first-order chi connectivity index (χ1) is 31.5. The van der Waals surface area contributed by atoms with E-state index in [1.807, 2.05) is 0 Å². The normalized spacial score (nSPS) is 28.7. The minimum atomic E-state index is -3.13. The zero-order chi connectivity index (χ0) is 47.3. The predicted octanol–water partition coefficient (Wildman–Crippen LogP) is 2.60. The smallest absolute Gasteiger partial charge is 0.303 e. The molecule has 2 fully saturated rings. The number of aliphatic hydroxyl groups is 3. The van der Waals surface area contributed by atoms with Crippen molar-refractivity contribution in [1.82, 2.24) is 10.2 Å². The Bertz CT molecular complexity index is 2370. The van der Waals surface area contributed by atoms with Crippen molar-refractivity contribution in [3.8, 4) is 0 Å². The maximum absolute atomic E-state index is 14.7. The fourth-order valence-corrected chi connectivity index (χ4v) is 9.30. The molecular formula is C49H52N2O15. The zero-order valence-corrected chi connectivity index (χ0v) is 36.7. The van der Waals surface area contributed by atoms with E-state index in [9.17, 15) is 44.1 Å². The van der Waals surface area contributed by atoms with Gasteiger partial charge in [-0.25, -0.2) is 0 Å². The Morgan fingerprint density at radius 3 is 1.74 bits per heavy atom. The average molecular weight is 909 g/mol. The fourth-order valence-electron chi connectivity index (χ4n) is 9.30. The molecule has 11 atom stereocenters. The number of carbonyl (C=O) groups is 6. The second-order valence-corrected chi connectivity index (χ2v) is 16.6. The van der Waals surface area contributed by atoms with Crippen LogP contribution in [0.2, 0.25) is 0 Å². The van der Waals surface area contributed by atoms with E-state index in [0.29, 0.717) is 21.6 Å². The number of carbonyl (C=O) groups excluding carboxylic acids is 6. The summed E-state index contributed by atoms with van der Waals surface area (Å²) >= 11 is 0. The van der Waals surface area contributed by atoms with Crippen LogP contribution in [0.15, 0.2) is 115 Å². The van der Waals surface area contributed by atoms with E-state index >= 15 is 0 Å². The van der Waals surface area contributed by atoms with Crippen molar-refractivity contribution in [3.05, 3.63) is 143 Å². The molecule has 4 aromatic carbocycles. The van der Waals surface area contributed by atoms with E-state index in [1.54, 1.807) is 91.0 Å². The van der Waals surface area contributed by atoms with Crippen LogP contribution in [0, 0.1) is 0 Å². The lowest BCUT2D eigenvalue weighted by Gasteiger charge is -2.63. The van der Waals surface area contributed by atoms with Crippen LogP contribution in [-0.2, 0) is 67.0 Å². The van der Waals surface area contributed by atoms with Crippen molar-refractivity contribution in [1.29, 1.82) is 0 Å². The van der Waals surface area contributed by atoms with Crippen LogP contribution in [0.25, 0.3) is 0 Å². The summed E-state index contributed by atoms with van der Waals surface area (Å²) in [5.41, 5.74) is -4.51. The summed E-state index contributed by atoms with van der Waals surface area (Å²) in [6.45, 7) is 3.45. The van der Waals surface area contributed by atoms with Crippen LogP contribution in [0.5, 0.6) is 0 Å². The van der Waals surface area contributed by atoms with Gasteiger partial charge in [0.25, 0.3) is 11.8 Å². The molecule has 3 heterocycles. The molecule has 348 valence electrons. The second-order valence-electron chi connectivity index (χ2n) is 16.6. The van der Waals surface area contributed by atoms with Gasteiger partial charge in [0.1, 0.15) is 42.6 Å². The van der Waals surface area contributed by atoms with E-state index in [4.69, 9.17) is 28.4 Å². The third-order valence-corrected chi connectivity index (χ3v) is 12.0. The molecule has 4 N–H and O–H groups in total. The highest BCUT2D eigenvalue weighted by Gasteiger charge is 2.74. The van der Waals surface area contributed by atoms with Crippen molar-refractivity contribution in [2.24, 2.45) is 0 Å². The lowest BCUT2D eigenvalue weighted by atomic mass is 9.61. The van der Waals surface area contributed by atoms with Crippen LogP contribution in [0.4, 0.5) is 0 Å². The predicted molar refractivity (Wildman–Crippen MR) is 231 cm³/mol. The molecule has 7 rings (SSSR count). The molecule has 66 heavy (non-hydrogen) atoms. The molecule has 0 radical (unpaired) electrons. The van der Waals surface area contributed by atoms with Gasteiger partial charge in [-0.2, -0.15) is 0 Å². The molecular weight excluding hydrogens is 857 g/mol. The van der Waals surface area contributed by atoms with Crippen LogP contribution in [0.1, 0.15) is 65.1 Å². The second kappa shape index (κ2) is 20.0. The van der Waals surface area contributed by atoms with Crippen molar-refractivity contribution in [3.63, 3.8) is 0 Å². The lowest BCUT2D eigenvalue weighted by Crippen LogP contribution is -2.86. The van der Waals surface area contributed by atoms with Gasteiger partial charge in [0, 0.05) is 40.5 Å². The van der Waals surface area contributed by atoms with E-state index in [1.165, 1.54) is 31.2 Å². The summed E-state index contributed by atoms with van der Waals surface area (Å²) in [5.74, 6) is -5.35. The lowest BCUT2D eigenvalue weighted by molar-refractivity contribution is -0.384. The first-order valence-electron chi connectivity index (χ1n) is 21.4. The molecule has 0 saturated carbocycles. The van der Waals surface area contributed by atoms with Gasteiger partial charge in [-0.3, -0.25) is 33.7 Å². The number of rotatable bonds is 15. The topological polar surface area (TPSA) is 234 Å². The highest BCUT2D eigenvalue weighted by molar-refractivity contribution is 6.21. The Morgan fingerprint density at radius 2 is 1.21 bits per heavy atom. The SMILES string of the molecule is CC(=O)N[C@@H]1[C@@H](OCc2ccccc2)O[C@H](C(O)Cc2ccccc2)[C@](O)([C@@H]2O[C@H](COC(C)=O)[C@@H](OC(C)=O)[C@H](OC(C)=O)[C@@H]2N2C(=O)c3ccccc3C2=O)[C@@]1(O)Cc1ccccc1. The number of esters is 3. The third kappa shape index (κ3) is 9.63. The number of aliphatic hydroxyl groups excluding tert-OH is 1. The Labute approximate surface area is 380 Å². The van der Waals surface area contributed by atoms with Crippen molar-refractivity contribution in [2.75, 3.05) is 6.61 Å². The Balaban J connectivity index is 1.53. The summed E-state index contributed by atoms with van der Waals surface area (Å²) in [7, 11) is 0. The molecule has 0 bridgehead atoms. The minimum Gasteiger partial charge on any atom is -0.463 e. The summed E-state index contributed by atoms with van der Waals surface area (Å²) in [4.78, 5) is 82.1. The monoisotopic (exact) mass is 908 g/mol. The molecule has 17 heteroatoms. The summed E-state index contributed by atoms with van der Waals surface area (Å²) in [6.07, 6.45) is -13.8. The van der Waals surface area contributed by atoms with Crippen molar-refractivity contribution >= 4 is 35.6 Å². The van der Waals surface area contributed by atoms with E-state index in [-0.39, 0.29) is 24.2 Å². The maximum Gasteiger partial charge on any atom is 0.303 e. The van der Waals surface area contributed by atoms with Gasteiger partial charge in [-0.15, -0.1) is 0 Å². The molecule has 3 aliphatic rings. The molecule has 17 nitrogen and oxygen atoms in total. The third-order valence-electron chi connectivity index (χ3n) is 12.0. The van der Waals surface area contributed by atoms with Crippen LogP contribution < -0.4 is 5.32 Å². The Hall–Kier alpha value is -6.34. The van der Waals surface area contributed by atoms with Gasteiger partial charge in [0.05, 0.1) is 23.8 Å². The Morgan fingerprint density at radius 1 is 0.697 bits per heavy atom. The van der Waals surface area contributed by atoms with E-state index in [2.05, 4.69) is 5.32 Å². The highest BCUT2D eigenvalue weighted by Crippen LogP contribution is 2.50. The quantitative estimate of drug-likeness (QED) is 0.0763. The van der Waals surface area contributed by atoms with Gasteiger partial charge in [0.2, 0.25) is 5.91 Å². The molecule has 3 aliphatic heterocycles. The number of fused-ring (bicyclic) bond motifs is 1. The van der Waals surface area contributed by atoms with E-state index < -0.39 is 115 Å². The first kappa shape index (κ1) is 47.6. The van der Waals surface area contributed by atoms with Gasteiger partial charge in [-0.1, -0.05) is 103 Å². The standard InChI is InChI=1S/C49H52N2O15/c1-28(52)50-42-47(62-26-34-20-12-7-13-21-34)66-43(37(56)24-32-16-8-5-9-17-32)49(60,48(42,59)25-33-18-10-6-11-19-33)44-39(51-45(57)35-22-14-15-23-36(35)46(51)58)41(64-31(4)55)40(63-30(3)54)38(65-44)27-61-29(2)53/h5-23,37-44,47,56,59-60H,24-27H2,1-4H3,(H,50,52)/t37?,38-,39+,40-,41-,42-,43-,44-,47+,48-,49+/m1/s1. The summed E-state index contributed by atoms with van der Waals surface area (Å²) in [6, 6.07) is 27.9. The van der Waals surface area contributed by atoms with Gasteiger partial charge >= 0.3 is 17.9 Å². The number of hydrogen-bond acceptors (Lipinski definition) is 15. The van der Waals surface area contributed by atoms with Crippen LogP contribution in [-0.4, -0.2) is 129 Å². The van der Waals surface area contributed by atoms with E-state index in [0.717, 1.165) is 20.8 Å². The summed E-state index contributed by atoms with van der Waals surface area (Å²) in [5, 5.41) is 43.7. The molecule has 4 aromatic rings. The number of benzene rings is 4. The van der Waals surface area contributed by atoms with Gasteiger partial charge in [-0.05, 0) is 28.8 Å². The molecule has 2 saturated heterocycles. The fraction of sp³-hybridized carbons (Fsp3) is 0.388. The molecule has 3 amide bonds. The number of nitrogens with one attached hydrogen (secondary N) is 1. The maximum atomic E-state index is 14.7. The summed E-state index contributed by atoms with van der Waals surface area (Å²) < 4.78 is 36.9. The van der Waals surface area contributed by atoms with Gasteiger partial charge in [0.15, 0.2) is 24.1 Å². The molecule has 0 aliphatic carbocycles. The van der Waals surface area contributed by atoms with Crippen molar-refractivity contribution in [2.45, 2.75) is 113 Å². The molecule has 0 aromatic heterocycles. The number of ether oxygens (including phenoxy) is 6. The zero-order valence-electron chi connectivity index (χ0n) is 36.7. The first-order valence-corrected chi connectivity index (χ1v) is 21.4. The molecule has 1 unspecified atom stereocenters. The largest absolute Gasteiger partial charge is 0.463 e.